The van der Waals surface area contributed by atoms with Gasteiger partial charge in [-0.15, -0.1) is 0 Å². The van der Waals surface area contributed by atoms with Crippen LogP contribution in [0.15, 0.2) is 0 Å². The average Bonchev–Trinajstić information content (AvgIpc) is 2.12. The van der Waals surface area contributed by atoms with Gasteiger partial charge in [-0.3, -0.25) is 5.43 Å². The van der Waals surface area contributed by atoms with Crippen LogP contribution in [0, 0.1) is 17.2 Å². The minimum Gasteiger partial charge on any atom is -0.351 e. The Labute approximate surface area is 105 Å². The highest BCUT2D eigenvalue weighted by Crippen LogP contribution is 2.15. The summed E-state index contributed by atoms with van der Waals surface area (Å²) in [5.41, 5.74) is 7.83. The van der Waals surface area contributed by atoms with Crippen LogP contribution in [-0.2, 0) is 0 Å². The van der Waals surface area contributed by atoms with Crippen molar-refractivity contribution in [3.05, 3.63) is 0 Å². The number of carbonyl (C=O) groups is 2. The van der Waals surface area contributed by atoms with Crippen LogP contribution in [0.3, 0.4) is 0 Å². The van der Waals surface area contributed by atoms with E-state index in [0.29, 0.717) is 26.2 Å². The van der Waals surface area contributed by atoms with Crippen molar-refractivity contribution < 1.29 is 9.59 Å². The van der Waals surface area contributed by atoms with Gasteiger partial charge < -0.3 is 15.5 Å². The number of hydrogen-bond acceptors (Lipinski definition) is 4. The highest BCUT2D eigenvalue weighted by Gasteiger charge is 2.35. The molecule has 2 aliphatic heterocycles. The lowest BCUT2D eigenvalue weighted by atomic mass is 10.0. The van der Waals surface area contributed by atoms with Crippen LogP contribution in [-0.4, -0.2) is 66.1 Å². The van der Waals surface area contributed by atoms with Crippen LogP contribution in [0.25, 0.3) is 0 Å². The number of likely N-dealkylation sites (N-methyl/N-ethyl adjacent to an activating group) is 1. The van der Waals surface area contributed by atoms with Gasteiger partial charge in [-0.05, 0) is 0 Å². The predicted octanol–water partition coefficient (Wildman–Crippen LogP) is -1.24. The van der Waals surface area contributed by atoms with Crippen LogP contribution in [0.4, 0.5) is 9.59 Å². The third kappa shape index (κ3) is 2.31. The Morgan fingerprint density at radius 1 is 1.33 bits per heavy atom. The first kappa shape index (κ1) is 12.4. The Bertz CT molecular complexity index is 394. The largest absolute Gasteiger partial charge is 0.351 e. The van der Waals surface area contributed by atoms with Crippen LogP contribution >= 0.6 is 0 Å². The fraction of sp³-hybridized carbons (Fsp3) is 0.700. The van der Waals surface area contributed by atoms with E-state index in [9.17, 15) is 9.59 Å². The van der Waals surface area contributed by atoms with Crippen molar-refractivity contribution in [1.29, 1.82) is 5.26 Å². The summed E-state index contributed by atoms with van der Waals surface area (Å²) in [4.78, 5) is 25.6. The second-order valence-corrected chi connectivity index (χ2v) is 4.66. The molecule has 4 amide bonds. The molecule has 8 nitrogen and oxygen atoms in total. The molecule has 0 aromatic rings. The summed E-state index contributed by atoms with van der Waals surface area (Å²) in [6.07, 6.45) is 0. The fourth-order valence-corrected chi connectivity index (χ4v) is 1.92. The lowest BCUT2D eigenvalue weighted by Crippen LogP contribution is -2.66. The van der Waals surface area contributed by atoms with Gasteiger partial charge in [-0.2, -0.15) is 5.26 Å². The molecular weight excluding hydrogens is 236 g/mol. The molecule has 0 unspecified atom stereocenters. The van der Waals surface area contributed by atoms with Gasteiger partial charge in [0.1, 0.15) is 0 Å². The lowest BCUT2D eigenvalue weighted by Gasteiger charge is -2.44. The van der Waals surface area contributed by atoms with Crippen LogP contribution in [0.1, 0.15) is 0 Å². The molecule has 2 heterocycles. The van der Waals surface area contributed by atoms with E-state index in [1.54, 1.807) is 17.0 Å². The molecule has 0 aliphatic carbocycles. The molecule has 0 aromatic carbocycles. The number of hydrazine groups is 1. The molecule has 2 rings (SSSR count). The molecule has 8 heteroatoms. The Kier molecular flexibility index (Phi) is 3.25. The molecule has 0 spiro atoms. The normalized spacial score (nSPS) is 20.1. The Morgan fingerprint density at radius 3 is 2.44 bits per heavy atom. The molecule has 0 bridgehead atoms. The maximum atomic E-state index is 11.7. The summed E-state index contributed by atoms with van der Waals surface area (Å²) in [5, 5.41) is 10.3. The molecule has 3 N–H and O–H groups in total. The zero-order valence-corrected chi connectivity index (χ0v) is 10.2. The van der Waals surface area contributed by atoms with Gasteiger partial charge in [0.25, 0.3) is 0 Å². The number of hydrogen-bond donors (Lipinski definition) is 2. The summed E-state index contributed by atoms with van der Waals surface area (Å²) in [6.45, 7) is 2.00. The van der Waals surface area contributed by atoms with Gasteiger partial charge in [0, 0.05) is 33.2 Å². The number of nitriles is 1. The minimum absolute atomic E-state index is 0.0462. The van der Waals surface area contributed by atoms with E-state index in [-0.39, 0.29) is 18.0 Å². The molecular formula is C10H16N6O2. The van der Waals surface area contributed by atoms with Gasteiger partial charge in [0.05, 0.1) is 18.0 Å². The van der Waals surface area contributed by atoms with E-state index in [1.165, 1.54) is 4.90 Å². The van der Waals surface area contributed by atoms with E-state index < -0.39 is 6.03 Å². The smallest absolute Gasteiger partial charge is 0.332 e. The number of amides is 4. The van der Waals surface area contributed by atoms with E-state index in [4.69, 9.17) is 11.0 Å². The van der Waals surface area contributed by atoms with E-state index in [1.807, 2.05) is 0 Å². The monoisotopic (exact) mass is 252 g/mol. The SMILES string of the molecule is CN(NC(=O)N1CC(C#N)C1)C1CN(C(N)=O)C1. The van der Waals surface area contributed by atoms with Crippen molar-refractivity contribution >= 4 is 12.1 Å². The highest BCUT2D eigenvalue weighted by atomic mass is 16.2. The third-order valence-electron chi connectivity index (χ3n) is 3.34. The zero-order chi connectivity index (χ0) is 13.3. The lowest BCUT2D eigenvalue weighted by molar-refractivity contribution is 0.0414. The summed E-state index contributed by atoms with van der Waals surface area (Å²) in [5.74, 6) is -0.0462. The van der Waals surface area contributed by atoms with Gasteiger partial charge in [-0.1, -0.05) is 0 Å². The van der Waals surface area contributed by atoms with Crippen LogP contribution < -0.4 is 11.2 Å². The van der Waals surface area contributed by atoms with Crippen molar-refractivity contribution in [2.45, 2.75) is 6.04 Å². The zero-order valence-electron chi connectivity index (χ0n) is 10.2. The average molecular weight is 252 g/mol. The van der Waals surface area contributed by atoms with E-state index in [2.05, 4.69) is 11.5 Å². The number of rotatable bonds is 2. The van der Waals surface area contributed by atoms with Crippen molar-refractivity contribution in [1.82, 2.24) is 20.2 Å². The molecule has 0 aromatic heterocycles. The van der Waals surface area contributed by atoms with E-state index >= 15 is 0 Å². The Hall–Kier alpha value is -2.01. The second kappa shape index (κ2) is 4.70. The number of nitrogens with two attached hydrogens (primary N) is 1. The Morgan fingerprint density at radius 2 is 1.94 bits per heavy atom. The molecule has 98 valence electrons. The Balaban J connectivity index is 1.70. The van der Waals surface area contributed by atoms with Gasteiger partial charge >= 0.3 is 12.1 Å². The van der Waals surface area contributed by atoms with Crippen molar-refractivity contribution in [2.75, 3.05) is 33.2 Å². The summed E-state index contributed by atoms with van der Waals surface area (Å²) in [7, 11) is 1.75. The molecule has 2 aliphatic rings. The first-order valence-electron chi connectivity index (χ1n) is 5.73. The third-order valence-corrected chi connectivity index (χ3v) is 3.34. The molecule has 0 radical (unpaired) electrons. The van der Waals surface area contributed by atoms with Gasteiger partial charge in [-0.25, -0.2) is 14.6 Å². The first-order valence-corrected chi connectivity index (χ1v) is 5.73. The maximum absolute atomic E-state index is 11.7. The molecule has 0 saturated carbocycles. The molecule has 2 fully saturated rings. The first-order chi connectivity index (χ1) is 8.51. The summed E-state index contributed by atoms with van der Waals surface area (Å²) in [6, 6.07) is 1.56. The number of nitrogens with one attached hydrogen (secondary N) is 1. The van der Waals surface area contributed by atoms with Crippen molar-refractivity contribution in [2.24, 2.45) is 11.7 Å². The number of likely N-dealkylation sites (tertiary alicyclic amines) is 2. The molecule has 0 atom stereocenters. The van der Waals surface area contributed by atoms with Crippen molar-refractivity contribution in [3.63, 3.8) is 0 Å². The van der Waals surface area contributed by atoms with Gasteiger partial charge in [0.15, 0.2) is 0 Å². The van der Waals surface area contributed by atoms with Crippen LogP contribution in [0.2, 0.25) is 0 Å². The quantitative estimate of drug-likeness (QED) is 0.599. The standard InChI is InChI=1S/C10H16N6O2/c1-14(8-5-15(6-8)9(12)17)13-10(18)16-3-7(2-11)4-16/h7-8H,3-6H2,1H3,(H2,12,17)(H,13,18). The number of nitrogens with zero attached hydrogens (tertiary/aromatic N) is 4. The molecule has 18 heavy (non-hydrogen) atoms. The van der Waals surface area contributed by atoms with Crippen LogP contribution in [0.5, 0.6) is 0 Å². The summed E-state index contributed by atoms with van der Waals surface area (Å²) >= 11 is 0. The topological polar surface area (TPSA) is 106 Å². The number of carbonyl (C=O) groups excluding carboxylic acids is 2. The number of urea groups is 2. The maximum Gasteiger partial charge on any atom is 0.332 e. The predicted molar refractivity (Wildman–Crippen MR) is 61.9 cm³/mol. The number of primary amides is 1. The highest BCUT2D eigenvalue weighted by molar-refractivity contribution is 5.75. The molecule has 2 saturated heterocycles. The van der Waals surface area contributed by atoms with Gasteiger partial charge in [0.2, 0.25) is 0 Å². The van der Waals surface area contributed by atoms with Crippen molar-refractivity contribution in [3.8, 4) is 6.07 Å². The minimum atomic E-state index is -0.439. The second-order valence-electron chi connectivity index (χ2n) is 4.66. The van der Waals surface area contributed by atoms with E-state index in [0.717, 1.165) is 0 Å². The fourth-order valence-electron chi connectivity index (χ4n) is 1.92. The summed E-state index contributed by atoms with van der Waals surface area (Å²) < 4.78 is 0.